The predicted octanol–water partition coefficient (Wildman–Crippen LogP) is 3.50. The quantitative estimate of drug-likeness (QED) is 0.690. The molecule has 2 aromatic heterocycles. The van der Waals surface area contributed by atoms with E-state index < -0.39 is 0 Å². The van der Waals surface area contributed by atoms with Crippen molar-refractivity contribution in [3.8, 4) is 0 Å². The van der Waals surface area contributed by atoms with Crippen LogP contribution in [-0.4, -0.2) is 16.8 Å². The fourth-order valence-corrected chi connectivity index (χ4v) is 3.00. The average molecular weight is 376 g/mol. The Morgan fingerprint density at radius 2 is 2.12 bits per heavy atom. The summed E-state index contributed by atoms with van der Waals surface area (Å²) < 4.78 is 5.01. The van der Waals surface area contributed by atoms with E-state index in [2.05, 4.69) is 15.6 Å². The number of nitrogens with one attached hydrogen (secondary N) is 2. The Balaban J connectivity index is 1.50. The smallest absolute Gasteiger partial charge is 0.293 e. The number of halogens is 1. The summed E-state index contributed by atoms with van der Waals surface area (Å²) in [4.78, 5) is 28.1. The van der Waals surface area contributed by atoms with E-state index in [0.29, 0.717) is 22.4 Å². The lowest BCUT2D eigenvalue weighted by Crippen LogP contribution is -2.24. The van der Waals surface area contributed by atoms with Gasteiger partial charge in [-0.15, -0.1) is 11.3 Å². The van der Waals surface area contributed by atoms with Gasteiger partial charge in [-0.3, -0.25) is 14.9 Å². The minimum atomic E-state index is -0.378. The van der Waals surface area contributed by atoms with Gasteiger partial charge >= 0.3 is 0 Å². The lowest BCUT2D eigenvalue weighted by Gasteiger charge is -2.04. The molecule has 0 radical (unpaired) electrons. The Kier molecular flexibility index (Phi) is 5.47. The van der Waals surface area contributed by atoms with Crippen LogP contribution < -0.4 is 10.6 Å². The number of furan rings is 1. The van der Waals surface area contributed by atoms with Crippen molar-refractivity contribution in [2.75, 3.05) is 5.32 Å². The highest BCUT2D eigenvalue weighted by Gasteiger charge is 2.12. The first-order chi connectivity index (χ1) is 12.1. The van der Waals surface area contributed by atoms with Crippen LogP contribution in [0.1, 0.15) is 21.8 Å². The van der Waals surface area contributed by atoms with Gasteiger partial charge in [0.15, 0.2) is 10.9 Å². The molecule has 0 aliphatic heterocycles. The molecule has 0 saturated carbocycles. The van der Waals surface area contributed by atoms with E-state index >= 15 is 0 Å². The Morgan fingerprint density at radius 1 is 1.24 bits per heavy atom. The second-order valence-corrected chi connectivity index (χ2v) is 6.45. The van der Waals surface area contributed by atoms with Crippen molar-refractivity contribution >= 4 is 39.9 Å². The van der Waals surface area contributed by atoms with Crippen LogP contribution in [0.5, 0.6) is 0 Å². The molecule has 2 N–H and O–H groups in total. The van der Waals surface area contributed by atoms with Crippen molar-refractivity contribution in [2.24, 2.45) is 0 Å². The highest BCUT2D eigenvalue weighted by Crippen LogP contribution is 2.17. The number of rotatable bonds is 6. The number of amides is 2. The van der Waals surface area contributed by atoms with Crippen LogP contribution in [-0.2, 0) is 17.8 Å². The summed E-state index contributed by atoms with van der Waals surface area (Å²) in [5.74, 6) is -0.332. The van der Waals surface area contributed by atoms with Crippen molar-refractivity contribution in [3.05, 3.63) is 70.1 Å². The van der Waals surface area contributed by atoms with Crippen molar-refractivity contribution in [2.45, 2.75) is 13.0 Å². The maximum atomic E-state index is 12.0. The van der Waals surface area contributed by atoms with Gasteiger partial charge < -0.3 is 9.73 Å². The normalized spacial score (nSPS) is 10.4. The van der Waals surface area contributed by atoms with E-state index in [1.807, 2.05) is 12.1 Å². The average Bonchev–Trinajstić information content (AvgIpc) is 3.25. The second kappa shape index (κ2) is 7.96. The third-order valence-corrected chi connectivity index (χ3v) is 4.28. The van der Waals surface area contributed by atoms with Crippen molar-refractivity contribution in [3.63, 3.8) is 0 Å². The maximum absolute atomic E-state index is 12.0. The van der Waals surface area contributed by atoms with Crippen molar-refractivity contribution in [1.82, 2.24) is 10.3 Å². The molecule has 0 fully saturated rings. The third-order valence-electron chi connectivity index (χ3n) is 3.24. The highest BCUT2D eigenvalue weighted by molar-refractivity contribution is 7.14. The van der Waals surface area contributed by atoms with Gasteiger partial charge in [0.1, 0.15) is 0 Å². The molecule has 1 aromatic carbocycles. The Morgan fingerprint density at radius 3 is 2.88 bits per heavy atom. The molecule has 0 unspecified atom stereocenters. The first-order valence-electron chi connectivity index (χ1n) is 7.40. The van der Waals surface area contributed by atoms with Gasteiger partial charge in [0.25, 0.3) is 5.91 Å². The first kappa shape index (κ1) is 17.2. The van der Waals surface area contributed by atoms with Crippen LogP contribution in [0.25, 0.3) is 0 Å². The Hall–Kier alpha value is -2.64. The van der Waals surface area contributed by atoms with Crippen LogP contribution in [0, 0.1) is 0 Å². The second-order valence-electron chi connectivity index (χ2n) is 5.16. The number of thiazole rings is 1. The van der Waals surface area contributed by atoms with Gasteiger partial charge in [-0.2, -0.15) is 0 Å². The van der Waals surface area contributed by atoms with Crippen LogP contribution >= 0.6 is 22.9 Å². The summed E-state index contributed by atoms with van der Waals surface area (Å²) in [6.45, 7) is 0.394. The molecule has 0 saturated heterocycles. The number of hydrogen-bond donors (Lipinski definition) is 2. The summed E-state index contributed by atoms with van der Waals surface area (Å²) in [6, 6.07) is 10.5. The zero-order valence-corrected chi connectivity index (χ0v) is 14.6. The molecule has 3 rings (SSSR count). The van der Waals surface area contributed by atoms with Crippen LogP contribution in [0.3, 0.4) is 0 Å². The molecule has 25 heavy (non-hydrogen) atoms. The molecule has 0 bridgehead atoms. The number of hydrogen-bond acceptors (Lipinski definition) is 5. The number of benzene rings is 1. The van der Waals surface area contributed by atoms with Crippen molar-refractivity contribution < 1.29 is 14.0 Å². The minimum absolute atomic E-state index is 0.133. The van der Waals surface area contributed by atoms with E-state index in [1.54, 1.807) is 29.6 Å². The predicted molar refractivity (Wildman–Crippen MR) is 95.8 cm³/mol. The number of nitrogens with zero attached hydrogens (tertiary/aromatic N) is 1. The summed E-state index contributed by atoms with van der Waals surface area (Å²) in [5.41, 5.74) is 1.51. The Bertz CT molecular complexity index is 877. The van der Waals surface area contributed by atoms with E-state index in [1.165, 1.54) is 17.6 Å². The lowest BCUT2D eigenvalue weighted by atomic mass is 10.2. The molecule has 0 aliphatic rings. The van der Waals surface area contributed by atoms with Gasteiger partial charge in [-0.05, 0) is 29.8 Å². The molecular formula is C17H14ClN3O3S. The van der Waals surface area contributed by atoms with Gasteiger partial charge in [-0.25, -0.2) is 4.98 Å². The summed E-state index contributed by atoms with van der Waals surface area (Å²) in [6.07, 6.45) is 1.56. The topological polar surface area (TPSA) is 84.2 Å². The molecule has 2 heterocycles. The maximum Gasteiger partial charge on any atom is 0.293 e. The van der Waals surface area contributed by atoms with Crippen LogP contribution in [0.15, 0.2) is 52.5 Å². The number of carbonyl (C=O) groups is 2. The molecule has 0 atom stereocenters. The monoisotopic (exact) mass is 375 g/mol. The molecule has 128 valence electrons. The van der Waals surface area contributed by atoms with Gasteiger partial charge in [0, 0.05) is 16.9 Å². The summed E-state index contributed by atoms with van der Waals surface area (Å²) in [5, 5.41) is 8.22. The van der Waals surface area contributed by atoms with Crippen LogP contribution in [0.4, 0.5) is 5.13 Å². The zero-order valence-electron chi connectivity index (χ0n) is 13.0. The number of anilines is 1. The minimum Gasteiger partial charge on any atom is -0.459 e. The number of carbonyl (C=O) groups excluding carboxylic acids is 2. The zero-order chi connectivity index (χ0) is 17.6. The largest absolute Gasteiger partial charge is 0.459 e. The lowest BCUT2D eigenvalue weighted by molar-refractivity contribution is -0.120. The van der Waals surface area contributed by atoms with Gasteiger partial charge in [0.2, 0.25) is 5.91 Å². The van der Waals surface area contributed by atoms with E-state index in [9.17, 15) is 9.59 Å². The third kappa shape index (κ3) is 4.91. The van der Waals surface area contributed by atoms with Gasteiger partial charge in [0.05, 0.1) is 18.4 Å². The molecule has 2 amide bonds. The standard InChI is InChI=1S/C17H14ClN3O3S/c18-12-4-1-3-11(7-12)9-19-15(22)8-13-10-25-17(20-13)21-16(23)14-5-2-6-24-14/h1-7,10H,8-9H2,(H,19,22)(H,20,21,23). The first-order valence-corrected chi connectivity index (χ1v) is 8.66. The van der Waals surface area contributed by atoms with E-state index in [0.717, 1.165) is 5.56 Å². The van der Waals surface area contributed by atoms with Gasteiger partial charge in [-0.1, -0.05) is 23.7 Å². The molecular weight excluding hydrogens is 362 g/mol. The fraction of sp³-hybridized carbons (Fsp3) is 0.118. The SMILES string of the molecule is O=C(Cc1csc(NC(=O)c2ccco2)n1)NCc1cccc(Cl)c1. The molecule has 6 nitrogen and oxygen atoms in total. The number of aromatic nitrogens is 1. The summed E-state index contributed by atoms with van der Waals surface area (Å²) in [7, 11) is 0. The van der Waals surface area contributed by atoms with Crippen LogP contribution in [0.2, 0.25) is 5.02 Å². The molecule has 3 aromatic rings. The molecule has 0 aliphatic carbocycles. The molecule has 0 spiro atoms. The fourth-order valence-electron chi connectivity index (χ4n) is 2.09. The van der Waals surface area contributed by atoms with E-state index in [-0.39, 0.29) is 24.0 Å². The molecule has 8 heteroatoms. The van der Waals surface area contributed by atoms with Crippen molar-refractivity contribution in [1.29, 1.82) is 0 Å². The Labute approximate surface area is 152 Å². The van der Waals surface area contributed by atoms with E-state index in [4.69, 9.17) is 16.0 Å². The summed E-state index contributed by atoms with van der Waals surface area (Å²) >= 11 is 7.16. The highest BCUT2D eigenvalue weighted by atomic mass is 35.5.